The van der Waals surface area contributed by atoms with Crippen LogP contribution in [0.5, 0.6) is 0 Å². The Kier molecular flexibility index (Phi) is 5.93. The number of carbonyl (C=O) groups is 1. The first kappa shape index (κ1) is 17.9. The average molecular weight is 328 g/mol. The van der Waals surface area contributed by atoms with Crippen molar-refractivity contribution in [2.24, 2.45) is 5.92 Å². The van der Waals surface area contributed by atoms with Crippen molar-refractivity contribution in [3.05, 3.63) is 58.0 Å². The fourth-order valence-corrected chi connectivity index (χ4v) is 2.74. The number of carbonyl (C=O) groups excluding carboxylic acids is 1. The molecule has 128 valence electrons. The molecule has 0 aliphatic carbocycles. The topological polar surface area (TPSA) is 82.2 Å². The molecule has 1 aromatic heterocycles. The number of aryl methyl sites for hydroxylation is 1. The van der Waals surface area contributed by atoms with Gasteiger partial charge in [0.15, 0.2) is 0 Å². The SMILES string of the molecule is Cc1[nH]c(=O)c(C(=O)NCC(C)CC(C)O)cc1-c1ccccc1. The van der Waals surface area contributed by atoms with Crippen LogP contribution in [0.3, 0.4) is 0 Å². The molecule has 1 amide bonds. The van der Waals surface area contributed by atoms with Crippen molar-refractivity contribution >= 4 is 5.91 Å². The van der Waals surface area contributed by atoms with Crippen molar-refractivity contribution in [1.82, 2.24) is 10.3 Å². The van der Waals surface area contributed by atoms with Gasteiger partial charge in [0.2, 0.25) is 0 Å². The molecule has 0 fully saturated rings. The molecule has 0 saturated carbocycles. The summed E-state index contributed by atoms with van der Waals surface area (Å²) in [6.07, 6.45) is 0.184. The largest absolute Gasteiger partial charge is 0.393 e. The minimum atomic E-state index is -0.413. The summed E-state index contributed by atoms with van der Waals surface area (Å²) in [5.41, 5.74) is 2.21. The molecule has 24 heavy (non-hydrogen) atoms. The van der Waals surface area contributed by atoms with Crippen molar-refractivity contribution in [3.8, 4) is 11.1 Å². The van der Waals surface area contributed by atoms with Gasteiger partial charge in [-0.05, 0) is 37.8 Å². The Bertz CT molecular complexity index is 751. The number of rotatable bonds is 6. The van der Waals surface area contributed by atoms with Gasteiger partial charge in [-0.1, -0.05) is 37.3 Å². The maximum atomic E-state index is 12.4. The van der Waals surface area contributed by atoms with E-state index in [4.69, 9.17) is 0 Å². The zero-order valence-electron chi connectivity index (χ0n) is 14.3. The van der Waals surface area contributed by atoms with E-state index in [1.165, 1.54) is 0 Å². The summed E-state index contributed by atoms with van der Waals surface area (Å²) in [5.74, 6) is -0.266. The Morgan fingerprint density at radius 2 is 1.92 bits per heavy atom. The number of pyridine rings is 1. The summed E-state index contributed by atoms with van der Waals surface area (Å²) >= 11 is 0. The Hall–Kier alpha value is -2.40. The first-order valence-corrected chi connectivity index (χ1v) is 8.14. The molecule has 1 heterocycles. The molecule has 2 aromatic rings. The average Bonchev–Trinajstić information content (AvgIpc) is 2.53. The minimum absolute atomic E-state index is 0.101. The van der Waals surface area contributed by atoms with Crippen LogP contribution >= 0.6 is 0 Å². The molecular weight excluding hydrogens is 304 g/mol. The first-order valence-electron chi connectivity index (χ1n) is 8.14. The monoisotopic (exact) mass is 328 g/mol. The van der Waals surface area contributed by atoms with Gasteiger partial charge in [-0.3, -0.25) is 9.59 Å². The molecule has 5 heteroatoms. The van der Waals surface area contributed by atoms with Gasteiger partial charge in [-0.15, -0.1) is 0 Å². The van der Waals surface area contributed by atoms with Gasteiger partial charge in [0.1, 0.15) is 5.56 Å². The number of benzene rings is 1. The standard InChI is InChI=1S/C19H24N2O3/c1-12(9-13(2)22)11-20-18(23)17-10-16(14(3)21-19(17)24)15-7-5-4-6-8-15/h4-8,10,12-13,22H,9,11H2,1-3H3,(H,20,23)(H,21,24). The van der Waals surface area contributed by atoms with E-state index in [1.807, 2.05) is 44.2 Å². The molecule has 0 spiro atoms. The molecule has 0 bridgehead atoms. The maximum absolute atomic E-state index is 12.4. The highest BCUT2D eigenvalue weighted by atomic mass is 16.3. The van der Waals surface area contributed by atoms with Crippen molar-refractivity contribution in [2.45, 2.75) is 33.3 Å². The lowest BCUT2D eigenvalue weighted by atomic mass is 10.0. The van der Waals surface area contributed by atoms with Crippen LogP contribution in [-0.4, -0.2) is 28.6 Å². The van der Waals surface area contributed by atoms with Crippen LogP contribution in [-0.2, 0) is 0 Å². The number of hydrogen-bond acceptors (Lipinski definition) is 3. The van der Waals surface area contributed by atoms with E-state index >= 15 is 0 Å². The van der Waals surface area contributed by atoms with Crippen LogP contribution in [0, 0.1) is 12.8 Å². The fraction of sp³-hybridized carbons (Fsp3) is 0.368. The molecule has 0 aliphatic rings. The maximum Gasteiger partial charge on any atom is 0.261 e. The Balaban J connectivity index is 2.21. The van der Waals surface area contributed by atoms with Crippen molar-refractivity contribution in [2.75, 3.05) is 6.54 Å². The first-order chi connectivity index (χ1) is 11.4. The molecule has 2 rings (SSSR count). The summed E-state index contributed by atoms with van der Waals surface area (Å²) < 4.78 is 0. The highest BCUT2D eigenvalue weighted by molar-refractivity contribution is 5.95. The normalized spacial score (nSPS) is 13.3. The van der Waals surface area contributed by atoms with E-state index in [1.54, 1.807) is 13.0 Å². The van der Waals surface area contributed by atoms with Gasteiger partial charge in [0.25, 0.3) is 11.5 Å². The number of aliphatic hydroxyl groups is 1. The van der Waals surface area contributed by atoms with Crippen LogP contribution in [0.15, 0.2) is 41.2 Å². The molecule has 2 atom stereocenters. The molecule has 0 radical (unpaired) electrons. The lowest BCUT2D eigenvalue weighted by Crippen LogP contribution is -2.33. The Morgan fingerprint density at radius 1 is 1.25 bits per heavy atom. The second-order valence-corrected chi connectivity index (χ2v) is 6.32. The van der Waals surface area contributed by atoms with Crippen LogP contribution < -0.4 is 10.9 Å². The molecule has 0 aliphatic heterocycles. The van der Waals surface area contributed by atoms with Gasteiger partial charge < -0.3 is 15.4 Å². The molecule has 1 aromatic carbocycles. The summed E-state index contributed by atoms with van der Waals surface area (Å²) in [6, 6.07) is 11.3. The van der Waals surface area contributed by atoms with Gasteiger partial charge >= 0.3 is 0 Å². The van der Waals surface area contributed by atoms with Gasteiger partial charge in [0.05, 0.1) is 6.10 Å². The summed E-state index contributed by atoms with van der Waals surface area (Å²) in [5, 5.41) is 12.1. The van der Waals surface area contributed by atoms with Crippen LogP contribution in [0.2, 0.25) is 0 Å². The smallest absolute Gasteiger partial charge is 0.261 e. The third kappa shape index (κ3) is 4.55. The molecule has 2 unspecified atom stereocenters. The number of aromatic nitrogens is 1. The molecule has 3 N–H and O–H groups in total. The van der Waals surface area contributed by atoms with E-state index < -0.39 is 17.6 Å². The molecular formula is C19H24N2O3. The molecule has 0 saturated heterocycles. The highest BCUT2D eigenvalue weighted by Crippen LogP contribution is 2.21. The number of amides is 1. The molecule has 5 nitrogen and oxygen atoms in total. The number of hydrogen-bond donors (Lipinski definition) is 3. The second kappa shape index (κ2) is 7.93. The minimum Gasteiger partial charge on any atom is -0.393 e. The second-order valence-electron chi connectivity index (χ2n) is 6.32. The van der Waals surface area contributed by atoms with Crippen molar-refractivity contribution in [1.29, 1.82) is 0 Å². The van der Waals surface area contributed by atoms with Gasteiger partial charge in [-0.2, -0.15) is 0 Å². The van der Waals surface area contributed by atoms with Crippen molar-refractivity contribution in [3.63, 3.8) is 0 Å². The van der Waals surface area contributed by atoms with E-state index in [2.05, 4.69) is 10.3 Å². The van der Waals surface area contributed by atoms with Crippen molar-refractivity contribution < 1.29 is 9.90 Å². The quantitative estimate of drug-likeness (QED) is 0.762. The highest BCUT2D eigenvalue weighted by Gasteiger charge is 2.15. The zero-order valence-corrected chi connectivity index (χ0v) is 14.3. The lowest BCUT2D eigenvalue weighted by molar-refractivity contribution is 0.0938. The van der Waals surface area contributed by atoms with Crippen LogP contribution in [0.25, 0.3) is 11.1 Å². The van der Waals surface area contributed by atoms with Gasteiger partial charge in [0, 0.05) is 17.8 Å². The van der Waals surface area contributed by atoms with Crippen LogP contribution in [0.4, 0.5) is 0 Å². The lowest BCUT2D eigenvalue weighted by Gasteiger charge is -2.14. The number of aromatic amines is 1. The van der Waals surface area contributed by atoms with E-state index in [0.717, 1.165) is 16.8 Å². The third-order valence-electron chi connectivity index (χ3n) is 3.92. The Labute approximate surface area is 141 Å². The summed E-state index contributed by atoms with van der Waals surface area (Å²) in [7, 11) is 0. The summed E-state index contributed by atoms with van der Waals surface area (Å²) in [6.45, 7) is 5.89. The van der Waals surface area contributed by atoms with E-state index in [0.29, 0.717) is 13.0 Å². The van der Waals surface area contributed by atoms with E-state index in [9.17, 15) is 14.7 Å². The number of aliphatic hydroxyl groups excluding tert-OH is 1. The summed E-state index contributed by atoms with van der Waals surface area (Å²) in [4.78, 5) is 27.2. The Morgan fingerprint density at radius 3 is 2.54 bits per heavy atom. The third-order valence-corrected chi connectivity index (χ3v) is 3.92. The van der Waals surface area contributed by atoms with Crippen LogP contribution in [0.1, 0.15) is 36.3 Å². The van der Waals surface area contributed by atoms with Gasteiger partial charge in [-0.25, -0.2) is 0 Å². The number of nitrogens with one attached hydrogen (secondary N) is 2. The van der Waals surface area contributed by atoms with E-state index in [-0.39, 0.29) is 11.5 Å². The number of H-pyrrole nitrogens is 1. The predicted octanol–water partition coefficient (Wildman–Crippen LogP) is 2.49. The predicted molar refractivity (Wildman–Crippen MR) is 95.0 cm³/mol. The fourth-order valence-electron chi connectivity index (χ4n) is 2.74. The zero-order chi connectivity index (χ0) is 17.7.